The molecule has 51 heavy (non-hydrogen) atoms. The zero-order valence-corrected chi connectivity index (χ0v) is 27.2. The predicted octanol–water partition coefficient (Wildman–Crippen LogP) is 14.0. The largest absolute Gasteiger partial charge is 0.204 e. The maximum absolute atomic E-state index is 14.7. The quantitative estimate of drug-likeness (QED) is 0.101. The summed E-state index contributed by atoms with van der Waals surface area (Å²) in [6.07, 6.45) is 0. The summed E-state index contributed by atoms with van der Waals surface area (Å²) in [7, 11) is 0. The van der Waals surface area contributed by atoms with Crippen molar-refractivity contribution >= 4 is 64.6 Å². The van der Waals surface area contributed by atoms with Gasteiger partial charge in [0.1, 0.15) is 0 Å². The van der Waals surface area contributed by atoms with Gasteiger partial charge in [-0.25, -0.2) is 13.2 Å². The molecule has 0 radical (unpaired) electrons. The van der Waals surface area contributed by atoms with Gasteiger partial charge >= 0.3 is 0 Å². The maximum atomic E-state index is 14.7. The highest BCUT2D eigenvalue weighted by atomic mass is 19.2. The lowest BCUT2D eigenvalue weighted by molar-refractivity contribution is 0.448. The van der Waals surface area contributed by atoms with Crippen molar-refractivity contribution < 1.29 is 13.2 Å². The van der Waals surface area contributed by atoms with E-state index in [4.69, 9.17) is 0 Å². The van der Waals surface area contributed by atoms with E-state index < -0.39 is 17.5 Å². The van der Waals surface area contributed by atoms with E-state index in [1.165, 1.54) is 16.2 Å². The summed E-state index contributed by atoms with van der Waals surface area (Å²) >= 11 is 0. The Balaban J connectivity index is 1.42. The number of rotatable bonds is 3. The zero-order valence-electron chi connectivity index (χ0n) is 27.2. The number of fused-ring (bicyclic) bond motifs is 8. The van der Waals surface area contributed by atoms with Gasteiger partial charge < -0.3 is 0 Å². The van der Waals surface area contributed by atoms with Crippen LogP contribution in [-0.2, 0) is 0 Å². The minimum absolute atomic E-state index is 0.272. The van der Waals surface area contributed by atoms with Crippen LogP contribution in [0.5, 0.6) is 0 Å². The summed E-state index contributed by atoms with van der Waals surface area (Å²) in [5.74, 6) is -3.90. The smallest absolute Gasteiger partial charge is 0.194 e. The van der Waals surface area contributed by atoms with Gasteiger partial charge in [0.15, 0.2) is 17.5 Å². The molecule has 0 fully saturated rings. The van der Waals surface area contributed by atoms with Crippen LogP contribution in [0.2, 0.25) is 0 Å². The Morgan fingerprint density at radius 2 is 0.667 bits per heavy atom. The molecule has 10 rings (SSSR count). The first kappa shape index (κ1) is 29.5. The van der Waals surface area contributed by atoms with Crippen molar-refractivity contribution in [1.82, 2.24) is 0 Å². The molecule has 0 aromatic heterocycles. The topological polar surface area (TPSA) is 0 Å². The van der Waals surface area contributed by atoms with Crippen LogP contribution in [0.3, 0.4) is 0 Å². The molecule has 240 valence electrons. The van der Waals surface area contributed by atoms with Crippen LogP contribution >= 0.6 is 0 Å². The third kappa shape index (κ3) is 4.48. The van der Waals surface area contributed by atoms with Crippen LogP contribution in [0.25, 0.3) is 98.0 Å². The van der Waals surface area contributed by atoms with E-state index in [0.717, 1.165) is 82.9 Å². The van der Waals surface area contributed by atoms with Gasteiger partial charge in [0.05, 0.1) is 0 Å². The van der Waals surface area contributed by atoms with E-state index in [0.29, 0.717) is 5.56 Å². The van der Waals surface area contributed by atoms with Crippen LogP contribution in [0.15, 0.2) is 164 Å². The Morgan fingerprint density at radius 3 is 1.18 bits per heavy atom. The summed E-state index contributed by atoms with van der Waals surface area (Å²) in [5.41, 5.74) is 5.14. The second-order valence-electron chi connectivity index (χ2n) is 13.2. The number of benzene rings is 10. The summed E-state index contributed by atoms with van der Waals surface area (Å²) in [4.78, 5) is 0. The van der Waals surface area contributed by atoms with Crippen molar-refractivity contribution in [1.29, 1.82) is 0 Å². The molecule has 10 aromatic rings. The minimum Gasteiger partial charge on any atom is -0.204 e. The van der Waals surface area contributed by atoms with Gasteiger partial charge in [0.25, 0.3) is 0 Å². The van der Waals surface area contributed by atoms with Crippen molar-refractivity contribution in [2.24, 2.45) is 0 Å². The van der Waals surface area contributed by atoms with Gasteiger partial charge in [-0.1, -0.05) is 133 Å². The molecule has 0 aliphatic rings. The molecule has 3 heteroatoms. The summed E-state index contributed by atoms with van der Waals surface area (Å²) in [5, 5.41) is 13.3. The summed E-state index contributed by atoms with van der Waals surface area (Å²) < 4.78 is 43.5. The number of hydrogen-bond donors (Lipinski definition) is 0. The first-order chi connectivity index (χ1) is 25.0. The van der Waals surface area contributed by atoms with Crippen LogP contribution in [0, 0.1) is 17.5 Å². The predicted molar refractivity (Wildman–Crippen MR) is 208 cm³/mol. The maximum Gasteiger partial charge on any atom is 0.194 e. The fourth-order valence-electron chi connectivity index (χ4n) is 8.18. The average Bonchev–Trinajstić information content (AvgIpc) is 3.18. The first-order valence-electron chi connectivity index (χ1n) is 17.0. The fraction of sp³-hybridized carbons (Fsp3) is 0. The Kier molecular flexibility index (Phi) is 6.53. The Morgan fingerprint density at radius 1 is 0.275 bits per heavy atom. The molecular formula is C48H27F3. The van der Waals surface area contributed by atoms with Gasteiger partial charge in [-0.15, -0.1) is 0 Å². The average molecular weight is 661 g/mol. The standard InChI is InChI=1S/C48H27F3/c49-44-26-31(27-45(50)48(44)51)28-21-22-40-43(23-28)47(42-25-30-12-2-4-14-33(30)35-16-6-8-18-37(35)42)39-20-10-9-19-38(39)46(40)41-24-29-11-1-3-13-32(29)34-15-5-7-17-36(34)41/h1-27H. The fourth-order valence-corrected chi connectivity index (χ4v) is 8.18. The van der Waals surface area contributed by atoms with Crippen molar-refractivity contribution in [3.05, 3.63) is 181 Å². The Hall–Kier alpha value is -6.45. The van der Waals surface area contributed by atoms with E-state index in [2.05, 4.69) is 140 Å². The first-order valence-corrected chi connectivity index (χ1v) is 17.0. The molecule has 0 aliphatic carbocycles. The summed E-state index contributed by atoms with van der Waals surface area (Å²) in [6.45, 7) is 0. The third-order valence-electron chi connectivity index (χ3n) is 10.4. The molecule has 0 atom stereocenters. The van der Waals surface area contributed by atoms with E-state index in [1.807, 2.05) is 12.1 Å². The molecule has 0 saturated carbocycles. The van der Waals surface area contributed by atoms with E-state index in [-0.39, 0.29) is 5.56 Å². The Bertz CT molecular complexity index is 3040. The third-order valence-corrected chi connectivity index (χ3v) is 10.4. The highest BCUT2D eigenvalue weighted by Gasteiger charge is 2.22. The van der Waals surface area contributed by atoms with Crippen molar-refractivity contribution in [3.63, 3.8) is 0 Å². The van der Waals surface area contributed by atoms with E-state index in [9.17, 15) is 13.2 Å². The molecule has 0 unspecified atom stereocenters. The van der Waals surface area contributed by atoms with Gasteiger partial charge in [-0.05, 0) is 128 Å². The molecular weight excluding hydrogens is 634 g/mol. The van der Waals surface area contributed by atoms with Crippen molar-refractivity contribution in [2.75, 3.05) is 0 Å². The van der Waals surface area contributed by atoms with E-state index >= 15 is 0 Å². The van der Waals surface area contributed by atoms with Gasteiger partial charge in [0.2, 0.25) is 0 Å². The molecule has 0 amide bonds. The molecule has 0 N–H and O–H groups in total. The number of halogens is 3. The summed E-state index contributed by atoms with van der Waals surface area (Å²) in [6, 6.07) is 55.0. The molecule has 0 bridgehead atoms. The van der Waals surface area contributed by atoms with Gasteiger partial charge in [-0.2, -0.15) is 0 Å². The van der Waals surface area contributed by atoms with Crippen molar-refractivity contribution in [2.45, 2.75) is 0 Å². The highest BCUT2D eigenvalue weighted by molar-refractivity contribution is 6.28. The molecule has 10 aromatic carbocycles. The molecule has 0 saturated heterocycles. The lowest BCUT2D eigenvalue weighted by atomic mass is 9.81. The van der Waals surface area contributed by atoms with Crippen molar-refractivity contribution in [3.8, 4) is 33.4 Å². The lowest BCUT2D eigenvalue weighted by Crippen LogP contribution is -1.95. The Labute approximate surface area is 291 Å². The molecule has 0 heterocycles. The lowest BCUT2D eigenvalue weighted by Gasteiger charge is -2.21. The van der Waals surface area contributed by atoms with Crippen LogP contribution in [-0.4, -0.2) is 0 Å². The second kappa shape index (κ2) is 11.3. The van der Waals surface area contributed by atoms with Gasteiger partial charge in [0, 0.05) is 0 Å². The minimum atomic E-state index is -1.47. The molecule has 0 nitrogen and oxygen atoms in total. The zero-order chi connectivity index (χ0) is 34.2. The van der Waals surface area contributed by atoms with Crippen LogP contribution in [0.4, 0.5) is 13.2 Å². The molecule has 0 spiro atoms. The van der Waals surface area contributed by atoms with Gasteiger partial charge in [-0.3, -0.25) is 0 Å². The monoisotopic (exact) mass is 660 g/mol. The van der Waals surface area contributed by atoms with Crippen LogP contribution < -0.4 is 0 Å². The highest BCUT2D eigenvalue weighted by Crippen LogP contribution is 2.49. The van der Waals surface area contributed by atoms with Crippen LogP contribution in [0.1, 0.15) is 0 Å². The second-order valence-corrected chi connectivity index (χ2v) is 13.2. The normalized spacial score (nSPS) is 11.8. The number of hydrogen-bond acceptors (Lipinski definition) is 0. The van der Waals surface area contributed by atoms with E-state index in [1.54, 1.807) is 0 Å². The molecule has 0 aliphatic heterocycles. The SMILES string of the molecule is Fc1cc(-c2ccc3c(-c4cc5ccccc5c5ccccc45)c4ccccc4c(-c4cc5ccccc5c5ccccc45)c3c2)cc(F)c1F.